The number of carbonyl (C=O) groups is 3. The van der Waals surface area contributed by atoms with Crippen molar-refractivity contribution >= 4 is 29.7 Å². The molecule has 1 heterocycles. The van der Waals surface area contributed by atoms with E-state index in [0.717, 1.165) is 11.4 Å². The number of hydrazone groups is 1. The van der Waals surface area contributed by atoms with E-state index in [1.807, 2.05) is 12.2 Å². The Labute approximate surface area is 189 Å². The van der Waals surface area contributed by atoms with Gasteiger partial charge in [-0.25, -0.2) is 4.79 Å². The smallest absolute Gasteiger partial charge is 0.346 e. The van der Waals surface area contributed by atoms with E-state index in [1.54, 1.807) is 6.92 Å². The monoisotopic (exact) mass is 457 g/mol. The highest BCUT2D eigenvalue weighted by Gasteiger charge is 2.59. The second kappa shape index (κ2) is 8.64. The van der Waals surface area contributed by atoms with Crippen LogP contribution in [0.15, 0.2) is 29.4 Å². The number of esters is 1. The average Bonchev–Trinajstić information content (AvgIpc) is 3.47. The fourth-order valence-corrected chi connectivity index (χ4v) is 4.72. The van der Waals surface area contributed by atoms with Gasteiger partial charge in [-0.1, -0.05) is 12.2 Å². The van der Waals surface area contributed by atoms with Crippen LogP contribution in [0, 0.1) is 33.8 Å². The second-order valence-corrected chi connectivity index (χ2v) is 8.07. The van der Waals surface area contributed by atoms with E-state index in [0.29, 0.717) is 0 Å². The van der Waals surface area contributed by atoms with Crippen molar-refractivity contribution in [2.45, 2.75) is 26.4 Å². The van der Waals surface area contributed by atoms with E-state index >= 15 is 0 Å². The van der Waals surface area contributed by atoms with Crippen LogP contribution in [0.4, 0.5) is 5.69 Å². The molecule has 0 radical (unpaired) electrons. The predicted octanol–water partition coefficient (Wildman–Crippen LogP) is 2.07. The Morgan fingerprint density at radius 1 is 1.27 bits per heavy atom. The number of hydrogen-bond acceptors (Lipinski definition) is 9. The lowest BCUT2D eigenvalue weighted by molar-refractivity contribution is -0.386. The van der Waals surface area contributed by atoms with Crippen LogP contribution < -0.4 is 9.47 Å². The van der Waals surface area contributed by atoms with Crippen LogP contribution in [0.1, 0.15) is 25.8 Å². The molecule has 2 amide bonds. The molecule has 4 rings (SSSR count). The van der Waals surface area contributed by atoms with Crippen LogP contribution in [0.25, 0.3) is 0 Å². The van der Waals surface area contributed by atoms with Crippen LogP contribution in [-0.2, 0) is 19.1 Å². The predicted molar refractivity (Wildman–Crippen MR) is 114 cm³/mol. The minimum absolute atomic E-state index is 0.0158. The summed E-state index contributed by atoms with van der Waals surface area (Å²) in [6.45, 7) is 3.25. The highest BCUT2D eigenvalue weighted by Crippen LogP contribution is 2.52. The number of nitro groups is 1. The zero-order chi connectivity index (χ0) is 23.9. The highest BCUT2D eigenvalue weighted by atomic mass is 16.6. The van der Waals surface area contributed by atoms with Gasteiger partial charge < -0.3 is 14.2 Å². The molecule has 33 heavy (non-hydrogen) atoms. The van der Waals surface area contributed by atoms with Crippen LogP contribution in [0.3, 0.4) is 0 Å². The lowest BCUT2D eigenvalue weighted by Crippen LogP contribution is -2.28. The molecular formula is C22H23N3O8. The zero-order valence-electron chi connectivity index (χ0n) is 18.3. The van der Waals surface area contributed by atoms with Gasteiger partial charge in [0.2, 0.25) is 5.75 Å². The van der Waals surface area contributed by atoms with E-state index in [4.69, 9.17) is 9.47 Å². The standard InChI is InChI=1S/C22H23N3O8/c1-4-32-16-8-12(7-15(25(29)30)19(16)33-11(2)22(28)31-3)10-23-24-20(26)17-13-5-6-14(9-13)18(17)21(24)27/h5-8,10-11,13-14,17-18H,4,9H2,1-3H3/t11-,13+,14+,17-,18+/m1/s1. The SMILES string of the molecule is CCOc1cc(C=NN2C(=O)[C@@H]3[C@H](C2=O)[C@H]2C=C[C@H]3C2)cc([N+](=O)[O-])c1O[C@H](C)C(=O)OC. The largest absolute Gasteiger partial charge is 0.490 e. The van der Waals surface area contributed by atoms with Gasteiger partial charge in [0, 0.05) is 11.6 Å². The summed E-state index contributed by atoms with van der Waals surface area (Å²) in [6, 6.07) is 2.60. The van der Waals surface area contributed by atoms with Crippen molar-refractivity contribution in [3.63, 3.8) is 0 Å². The van der Waals surface area contributed by atoms with Gasteiger partial charge in [0.1, 0.15) is 0 Å². The molecule has 0 aromatic heterocycles. The molecule has 174 valence electrons. The Bertz CT molecular complexity index is 1050. The number of fused-ring (bicyclic) bond motifs is 5. The molecule has 11 heteroatoms. The molecule has 11 nitrogen and oxygen atoms in total. The lowest BCUT2D eigenvalue weighted by atomic mass is 9.85. The van der Waals surface area contributed by atoms with Gasteiger partial charge in [-0.15, -0.1) is 0 Å². The number of allylic oxidation sites excluding steroid dienone is 2. The van der Waals surface area contributed by atoms with Crippen molar-refractivity contribution in [1.82, 2.24) is 5.01 Å². The number of ether oxygens (including phenoxy) is 3. The molecule has 1 saturated carbocycles. The summed E-state index contributed by atoms with van der Waals surface area (Å²) in [7, 11) is 1.18. The molecule has 2 fully saturated rings. The van der Waals surface area contributed by atoms with E-state index < -0.39 is 34.5 Å². The first-order valence-electron chi connectivity index (χ1n) is 10.6. The number of nitro benzene ring substituents is 1. The van der Waals surface area contributed by atoms with Crippen molar-refractivity contribution in [1.29, 1.82) is 0 Å². The maximum atomic E-state index is 12.8. The molecule has 3 aliphatic rings. The van der Waals surface area contributed by atoms with Crippen molar-refractivity contribution in [2.75, 3.05) is 13.7 Å². The summed E-state index contributed by atoms with van der Waals surface area (Å²) >= 11 is 0. The first kappa shape index (κ1) is 22.4. The van der Waals surface area contributed by atoms with Crippen LogP contribution in [-0.4, -0.2) is 53.8 Å². The van der Waals surface area contributed by atoms with E-state index in [-0.39, 0.29) is 47.3 Å². The minimum atomic E-state index is -1.12. The number of benzene rings is 1. The summed E-state index contributed by atoms with van der Waals surface area (Å²) < 4.78 is 15.6. The van der Waals surface area contributed by atoms with Crippen molar-refractivity contribution in [3.8, 4) is 11.5 Å². The molecule has 2 bridgehead atoms. The normalized spacial score (nSPS) is 26.1. The van der Waals surface area contributed by atoms with Crippen LogP contribution >= 0.6 is 0 Å². The molecule has 5 atom stereocenters. The number of nitrogens with zero attached hydrogens (tertiary/aromatic N) is 3. The van der Waals surface area contributed by atoms with Crippen molar-refractivity contribution in [2.24, 2.45) is 28.8 Å². The number of amides is 2. The number of carbonyl (C=O) groups excluding carboxylic acids is 3. The summed E-state index contributed by atoms with van der Waals surface area (Å²) in [5.41, 5.74) is -0.238. The molecule has 0 N–H and O–H groups in total. The van der Waals surface area contributed by atoms with Crippen molar-refractivity contribution < 1.29 is 33.5 Å². The molecule has 1 aliphatic heterocycles. The fraction of sp³-hybridized carbons (Fsp3) is 0.455. The van der Waals surface area contributed by atoms with Crippen LogP contribution in [0.2, 0.25) is 0 Å². The van der Waals surface area contributed by atoms with Gasteiger partial charge in [0.05, 0.1) is 36.7 Å². The molecule has 2 aliphatic carbocycles. The summed E-state index contributed by atoms with van der Waals surface area (Å²) in [4.78, 5) is 48.3. The first-order valence-corrected chi connectivity index (χ1v) is 10.6. The first-order chi connectivity index (χ1) is 15.8. The number of methoxy groups -OCH3 is 1. The average molecular weight is 457 g/mol. The highest BCUT2D eigenvalue weighted by molar-refractivity contribution is 6.06. The molecule has 0 unspecified atom stereocenters. The second-order valence-electron chi connectivity index (χ2n) is 8.07. The number of rotatable bonds is 8. The lowest BCUT2D eigenvalue weighted by Gasteiger charge is -2.16. The van der Waals surface area contributed by atoms with Gasteiger partial charge in [-0.05, 0) is 38.2 Å². The Hall–Kier alpha value is -3.76. The Morgan fingerprint density at radius 2 is 1.91 bits per heavy atom. The zero-order valence-corrected chi connectivity index (χ0v) is 18.3. The van der Waals surface area contributed by atoms with Crippen molar-refractivity contribution in [3.05, 3.63) is 40.0 Å². The van der Waals surface area contributed by atoms with E-state index in [1.165, 1.54) is 32.4 Å². The Balaban J connectivity index is 1.64. The summed E-state index contributed by atoms with van der Waals surface area (Å²) in [6.07, 6.45) is 4.86. The molecule has 1 aromatic carbocycles. The van der Waals surface area contributed by atoms with E-state index in [2.05, 4.69) is 9.84 Å². The minimum Gasteiger partial charge on any atom is -0.490 e. The Morgan fingerprint density at radius 3 is 2.45 bits per heavy atom. The quantitative estimate of drug-likeness (QED) is 0.144. The van der Waals surface area contributed by atoms with Gasteiger partial charge >= 0.3 is 11.7 Å². The van der Waals surface area contributed by atoms with Gasteiger partial charge in [-0.3, -0.25) is 19.7 Å². The molecule has 1 saturated heterocycles. The summed E-state index contributed by atoms with van der Waals surface area (Å²) in [5, 5.41) is 16.6. The molecule has 1 aromatic rings. The van der Waals surface area contributed by atoms with Crippen LogP contribution in [0.5, 0.6) is 11.5 Å². The maximum Gasteiger partial charge on any atom is 0.346 e. The summed E-state index contributed by atoms with van der Waals surface area (Å²) in [5.74, 6) is -2.33. The van der Waals surface area contributed by atoms with Gasteiger partial charge in [0.15, 0.2) is 11.9 Å². The van der Waals surface area contributed by atoms with Gasteiger partial charge in [-0.2, -0.15) is 10.1 Å². The third-order valence-electron chi connectivity index (χ3n) is 6.15. The van der Waals surface area contributed by atoms with Gasteiger partial charge in [0.25, 0.3) is 11.8 Å². The number of hydrogen-bond donors (Lipinski definition) is 0. The fourth-order valence-electron chi connectivity index (χ4n) is 4.72. The third-order valence-corrected chi connectivity index (χ3v) is 6.15. The topological polar surface area (TPSA) is 138 Å². The Kier molecular flexibility index (Phi) is 5.88. The number of imide groups is 1. The third kappa shape index (κ3) is 3.83. The maximum absolute atomic E-state index is 12.8. The molecule has 0 spiro atoms. The molecular weight excluding hydrogens is 434 g/mol. The van der Waals surface area contributed by atoms with E-state index in [9.17, 15) is 24.5 Å².